The second-order valence-corrected chi connectivity index (χ2v) is 6.98. The van der Waals surface area contributed by atoms with E-state index in [-0.39, 0.29) is 12.1 Å². The minimum atomic E-state index is -0.353. The zero-order valence-electron chi connectivity index (χ0n) is 16.3. The van der Waals surface area contributed by atoms with Crippen LogP contribution in [-0.4, -0.2) is 35.1 Å². The fourth-order valence-corrected chi connectivity index (χ4v) is 3.28. The molecule has 1 saturated heterocycles. The molecule has 29 heavy (non-hydrogen) atoms. The molecule has 1 aliphatic heterocycles. The average molecular weight is 392 g/mol. The van der Waals surface area contributed by atoms with Crippen molar-refractivity contribution in [3.05, 3.63) is 60.8 Å². The van der Waals surface area contributed by atoms with E-state index in [1.54, 1.807) is 16.8 Å². The van der Waals surface area contributed by atoms with Gasteiger partial charge in [-0.2, -0.15) is 5.10 Å². The highest BCUT2D eigenvalue weighted by molar-refractivity contribution is 6.01. The summed E-state index contributed by atoms with van der Waals surface area (Å²) in [5.41, 5.74) is 2.52. The van der Waals surface area contributed by atoms with Crippen LogP contribution in [-0.2, 0) is 11.8 Å². The van der Waals surface area contributed by atoms with E-state index in [9.17, 15) is 4.79 Å². The highest BCUT2D eigenvalue weighted by atomic mass is 16.5. The zero-order valence-corrected chi connectivity index (χ0v) is 16.3. The second-order valence-electron chi connectivity index (χ2n) is 6.98. The zero-order chi connectivity index (χ0) is 20.1. The first kappa shape index (κ1) is 19.0. The Labute approximate surface area is 169 Å². The first-order chi connectivity index (χ1) is 14.2. The van der Waals surface area contributed by atoms with E-state index in [1.807, 2.05) is 55.7 Å². The van der Waals surface area contributed by atoms with Crippen LogP contribution in [0.1, 0.15) is 12.8 Å². The van der Waals surface area contributed by atoms with Crippen molar-refractivity contribution in [2.75, 3.05) is 23.8 Å². The summed E-state index contributed by atoms with van der Waals surface area (Å²) in [6.45, 7) is 1.36. The highest BCUT2D eigenvalue weighted by Crippen LogP contribution is 2.26. The number of ether oxygens (including phenoxy) is 2. The van der Waals surface area contributed by atoms with Crippen LogP contribution in [0.25, 0.3) is 11.1 Å². The minimum absolute atomic E-state index is 0.177. The number of carbonyl (C=O) groups excluding carboxylic acids is 1. The lowest BCUT2D eigenvalue weighted by molar-refractivity contribution is 0.0679. The summed E-state index contributed by atoms with van der Waals surface area (Å²) in [6, 6.07) is 16.7. The van der Waals surface area contributed by atoms with Gasteiger partial charge >= 0.3 is 6.03 Å². The summed E-state index contributed by atoms with van der Waals surface area (Å²) in [5, 5.41) is 10.0. The van der Waals surface area contributed by atoms with Gasteiger partial charge in [0.25, 0.3) is 0 Å². The van der Waals surface area contributed by atoms with Gasteiger partial charge in [-0.05, 0) is 42.7 Å². The van der Waals surface area contributed by atoms with Crippen molar-refractivity contribution in [2.24, 2.45) is 7.05 Å². The molecule has 1 fully saturated rings. The number of urea groups is 1. The quantitative estimate of drug-likeness (QED) is 0.656. The summed E-state index contributed by atoms with van der Waals surface area (Å²) < 4.78 is 13.0. The van der Waals surface area contributed by atoms with E-state index in [2.05, 4.69) is 15.7 Å². The first-order valence-electron chi connectivity index (χ1n) is 9.69. The van der Waals surface area contributed by atoms with Crippen LogP contribution in [0.3, 0.4) is 0 Å². The van der Waals surface area contributed by atoms with Gasteiger partial charge in [0.05, 0.1) is 6.10 Å². The molecule has 2 aromatic carbocycles. The molecule has 4 rings (SSSR count). The van der Waals surface area contributed by atoms with Gasteiger partial charge in [-0.15, -0.1) is 0 Å². The van der Waals surface area contributed by atoms with Crippen LogP contribution in [0, 0.1) is 0 Å². The summed E-state index contributed by atoms with van der Waals surface area (Å²) in [4.78, 5) is 12.4. The van der Waals surface area contributed by atoms with Gasteiger partial charge in [0, 0.05) is 31.1 Å². The van der Waals surface area contributed by atoms with Gasteiger partial charge in [-0.1, -0.05) is 30.3 Å². The lowest BCUT2D eigenvalue weighted by Gasteiger charge is -2.12. The second kappa shape index (κ2) is 8.79. The Morgan fingerprint density at radius 3 is 2.69 bits per heavy atom. The molecule has 7 heteroatoms. The molecular weight excluding hydrogens is 368 g/mol. The number of aromatic nitrogens is 2. The molecule has 7 nitrogen and oxygen atoms in total. The minimum Gasteiger partial charge on any atom is -0.491 e. The van der Waals surface area contributed by atoms with Crippen LogP contribution >= 0.6 is 0 Å². The maximum atomic E-state index is 12.4. The van der Waals surface area contributed by atoms with Gasteiger partial charge in [0.15, 0.2) is 5.82 Å². The maximum absolute atomic E-state index is 12.4. The fourth-order valence-electron chi connectivity index (χ4n) is 3.28. The van der Waals surface area contributed by atoms with Crippen molar-refractivity contribution < 1.29 is 14.3 Å². The van der Waals surface area contributed by atoms with Crippen molar-refractivity contribution >= 4 is 17.5 Å². The number of benzene rings is 2. The Morgan fingerprint density at radius 1 is 1.17 bits per heavy atom. The molecule has 3 aromatic rings. The van der Waals surface area contributed by atoms with Crippen LogP contribution in [0.5, 0.6) is 5.75 Å². The topological polar surface area (TPSA) is 77.4 Å². The van der Waals surface area contributed by atoms with E-state index in [0.717, 1.165) is 36.3 Å². The third-order valence-electron chi connectivity index (χ3n) is 4.72. The predicted octanol–water partition coefficient (Wildman–Crippen LogP) is 4.29. The van der Waals surface area contributed by atoms with Gasteiger partial charge in [0.1, 0.15) is 12.4 Å². The number of amides is 2. The number of nitrogens with zero attached hydrogens (tertiary/aromatic N) is 2. The molecule has 0 radical (unpaired) electrons. The molecule has 2 amide bonds. The SMILES string of the molecule is Cn1cc(-c2ccccc2)c(NC(=O)Nc2ccc(OCC3CCCO3)cc2)n1. The van der Waals surface area contributed by atoms with Crippen molar-refractivity contribution in [1.82, 2.24) is 9.78 Å². The number of nitrogens with one attached hydrogen (secondary N) is 2. The lowest BCUT2D eigenvalue weighted by atomic mass is 10.1. The smallest absolute Gasteiger partial charge is 0.324 e. The molecule has 2 heterocycles. The molecule has 2 N–H and O–H groups in total. The third-order valence-corrected chi connectivity index (χ3v) is 4.72. The molecule has 1 unspecified atom stereocenters. The van der Waals surface area contributed by atoms with Crippen molar-refractivity contribution in [1.29, 1.82) is 0 Å². The van der Waals surface area contributed by atoms with E-state index < -0.39 is 0 Å². The maximum Gasteiger partial charge on any atom is 0.324 e. The number of rotatable bonds is 6. The summed E-state index contributed by atoms with van der Waals surface area (Å²) in [7, 11) is 1.82. The van der Waals surface area contributed by atoms with E-state index in [0.29, 0.717) is 18.1 Å². The van der Waals surface area contributed by atoms with Crippen molar-refractivity contribution in [3.63, 3.8) is 0 Å². The third kappa shape index (κ3) is 4.94. The predicted molar refractivity (Wildman–Crippen MR) is 112 cm³/mol. The molecule has 1 atom stereocenters. The normalized spacial score (nSPS) is 15.8. The molecular formula is C22H24N4O3. The Balaban J connectivity index is 1.35. The van der Waals surface area contributed by atoms with Crippen molar-refractivity contribution in [2.45, 2.75) is 18.9 Å². The Morgan fingerprint density at radius 2 is 1.97 bits per heavy atom. The monoisotopic (exact) mass is 392 g/mol. The van der Waals surface area contributed by atoms with Gasteiger partial charge < -0.3 is 14.8 Å². The van der Waals surface area contributed by atoms with Crippen LogP contribution in [0.15, 0.2) is 60.8 Å². The first-order valence-corrected chi connectivity index (χ1v) is 9.69. The van der Waals surface area contributed by atoms with Gasteiger partial charge in [-0.3, -0.25) is 10.00 Å². The molecule has 0 saturated carbocycles. The van der Waals surface area contributed by atoms with E-state index in [4.69, 9.17) is 9.47 Å². The molecule has 0 spiro atoms. The van der Waals surface area contributed by atoms with Gasteiger partial charge in [0.2, 0.25) is 0 Å². The van der Waals surface area contributed by atoms with Gasteiger partial charge in [-0.25, -0.2) is 4.79 Å². The Kier molecular flexibility index (Phi) is 5.76. The van der Waals surface area contributed by atoms with E-state index in [1.165, 1.54) is 0 Å². The fraction of sp³-hybridized carbons (Fsp3) is 0.273. The average Bonchev–Trinajstić information content (AvgIpc) is 3.38. The molecule has 150 valence electrons. The number of carbonyl (C=O) groups is 1. The highest BCUT2D eigenvalue weighted by Gasteiger charge is 2.16. The van der Waals surface area contributed by atoms with Crippen LogP contribution < -0.4 is 15.4 Å². The van der Waals surface area contributed by atoms with Crippen LogP contribution in [0.4, 0.5) is 16.3 Å². The number of hydrogen-bond acceptors (Lipinski definition) is 4. The number of hydrogen-bond donors (Lipinski definition) is 2. The standard InChI is InChI=1S/C22H24N4O3/c1-26-14-20(16-6-3-2-4-7-16)21(25-26)24-22(27)23-17-9-11-18(12-10-17)29-15-19-8-5-13-28-19/h2-4,6-7,9-12,14,19H,5,8,13,15H2,1H3,(H2,23,24,25,27). The molecule has 0 bridgehead atoms. The lowest BCUT2D eigenvalue weighted by Crippen LogP contribution is -2.20. The molecule has 1 aliphatic rings. The van der Waals surface area contributed by atoms with E-state index >= 15 is 0 Å². The number of anilines is 2. The molecule has 1 aromatic heterocycles. The Bertz CT molecular complexity index is 948. The summed E-state index contributed by atoms with van der Waals surface area (Å²) in [6.07, 6.45) is 4.19. The summed E-state index contributed by atoms with van der Waals surface area (Å²) in [5.74, 6) is 1.26. The van der Waals surface area contributed by atoms with Crippen LogP contribution in [0.2, 0.25) is 0 Å². The largest absolute Gasteiger partial charge is 0.491 e. The number of aryl methyl sites for hydroxylation is 1. The van der Waals surface area contributed by atoms with Crippen molar-refractivity contribution in [3.8, 4) is 16.9 Å². The molecule has 0 aliphatic carbocycles. The summed E-state index contributed by atoms with van der Waals surface area (Å²) >= 11 is 0. The Hall–Kier alpha value is -3.32.